The van der Waals surface area contributed by atoms with Crippen molar-refractivity contribution in [3.05, 3.63) is 29.3 Å². The standard InChI is InChI=1S/C20H34N4.HI/c1-15(2)5-8-24-9-6-18(7-10-24)14-22-20(21)23-19-12-16(3)11-17(4)13-19;/h11-13,15,18H,5-10,14H2,1-4H3,(H3,21,22,23);1H. The highest BCUT2D eigenvalue weighted by Crippen LogP contribution is 2.18. The fourth-order valence-corrected chi connectivity index (χ4v) is 3.30. The average Bonchev–Trinajstić information content (AvgIpc) is 2.51. The molecule has 1 aromatic carbocycles. The van der Waals surface area contributed by atoms with Gasteiger partial charge in [0.25, 0.3) is 0 Å². The smallest absolute Gasteiger partial charge is 0.193 e. The summed E-state index contributed by atoms with van der Waals surface area (Å²) in [5.74, 6) is 1.99. The number of nitrogens with two attached hydrogens (primary N) is 1. The van der Waals surface area contributed by atoms with Gasteiger partial charge in [0.2, 0.25) is 0 Å². The van der Waals surface area contributed by atoms with Gasteiger partial charge in [0.05, 0.1) is 0 Å². The van der Waals surface area contributed by atoms with E-state index in [1.807, 2.05) is 0 Å². The van der Waals surface area contributed by atoms with Crippen LogP contribution in [0.4, 0.5) is 5.69 Å². The monoisotopic (exact) mass is 458 g/mol. The summed E-state index contributed by atoms with van der Waals surface area (Å²) in [6.45, 7) is 13.3. The molecule has 0 radical (unpaired) electrons. The third-order valence-electron chi connectivity index (χ3n) is 4.74. The molecule has 1 aliphatic heterocycles. The highest BCUT2D eigenvalue weighted by atomic mass is 127. The van der Waals surface area contributed by atoms with Crippen LogP contribution in [-0.4, -0.2) is 37.0 Å². The van der Waals surface area contributed by atoms with Crippen LogP contribution >= 0.6 is 24.0 Å². The molecule has 25 heavy (non-hydrogen) atoms. The quantitative estimate of drug-likeness (QED) is 0.377. The minimum absolute atomic E-state index is 0. The molecule has 0 aromatic heterocycles. The Labute approximate surface area is 170 Å². The predicted octanol–water partition coefficient (Wildman–Crippen LogP) is 4.41. The SMILES string of the molecule is Cc1cc(C)cc(NC(N)=NCC2CCN(CCC(C)C)CC2)c1.I. The predicted molar refractivity (Wildman–Crippen MR) is 120 cm³/mol. The molecular formula is C20H35IN4. The van der Waals surface area contributed by atoms with Crippen LogP contribution in [0, 0.1) is 25.7 Å². The summed E-state index contributed by atoms with van der Waals surface area (Å²) < 4.78 is 0. The van der Waals surface area contributed by atoms with Crippen LogP contribution < -0.4 is 11.1 Å². The van der Waals surface area contributed by atoms with E-state index >= 15 is 0 Å². The summed E-state index contributed by atoms with van der Waals surface area (Å²) in [6, 6.07) is 6.36. The Hall–Kier alpha value is -0.820. The molecule has 1 aromatic rings. The minimum atomic E-state index is 0. The normalized spacial score (nSPS) is 16.8. The highest BCUT2D eigenvalue weighted by Gasteiger charge is 2.18. The average molecular weight is 458 g/mol. The third-order valence-corrected chi connectivity index (χ3v) is 4.74. The van der Waals surface area contributed by atoms with Gasteiger partial charge >= 0.3 is 0 Å². The van der Waals surface area contributed by atoms with Crippen LogP contribution in [0.5, 0.6) is 0 Å². The lowest BCUT2D eigenvalue weighted by molar-refractivity contribution is 0.180. The zero-order valence-electron chi connectivity index (χ0n) is 16.2. The lowest BCUT2D eigenvalue weighted by Gasteiger charge is -2.31. The van der Waals surface area contributed by atoms with Crippen molar-refractivity contribution < 1.29 is 0 Å². The second-order valence-electron chi connectivity index (χ2n) is 7.69. The number of aryl methyl sites for hydroxylation is 2. The highest BCUT2D eigenvalue weighted by molar-refractivity contribution is 14.0. The Balaban J connectivity index is 0.00000312. The number of piperidine rings is 1. The summed E-state index contributed by atoms with van der Waals surface area (Å²) in [6.07, 6.45) is 3.77. The maximum atomic E-state index is 6.06. The lowest BCUT2D eigenvalue weighted by Crippen LogP contribution is -2.36. The van der Waals surface area contributed by atoms with E-state index < -0.39 is 0 Å². The van der Waals surface area contributed by atoms with Crippen molar-refractivity contribution in [2.45, 2.75) is 47.0 Å². The summed E-state index contributed by atoms with van der Waals surface area (Å²) in [5, 5.41) is 3.22. The summed E-state index contributed by atoms with van der Waals surface area (Å²) in [5.41, 5.74) is 9.56. The zero-order chi connectivity index (χ0) is 17.5. The number of likely N-dealkylation sites (tertiary alicyclic amines) is 1. The third kappa shape index (κ3) is 8.40. The number of aliphatic imine (C=N–C) groups is 1. The minimum Gasteiger partial charge on any atom is -0.370 e. The number of nitrogens with one attached hydrogen (secondary N) is 1. The first-order valence-electron chi connectivity index (χ1n) is 9.30. The van der Waals surface area contributed by atoms with E-state index in [4.69, 9.17) is 5.73 Å². The van der Waals surface area contributed by atoms with E-state index in [1.165, 1.54) is 50.0 Å². The van der Waals surface area contributed by atoms with Crippen LogP contribution in [-0.2, 0) is 0 Å². The van der Waals surface area contributed by atoms with Gasteiger partial charge in [0.1, 0.15) is 0 Å². The first kappa shape index (κ1) is 22.2. The van der Waals surface area contributed by atoms with Crippen LogP contribution in [0.1, 0.15) is 44.2 Å². The summed E-state index contributed by atoms with van der Waals surface area (Å²) >= 11 is 0. The molecule has 142 valence electrons. The molecule has 0 unspecified atom stereocenters. The Morgan fingerprint density at radius 3 is 2.36 bits per heavy atom. The Kier molecular flexibility index (Phi) is 9.79. The number of rotatable bonds is 6. The number of nitrogens with zero attached hydrogens (tertiary/aromatic N) is 2. The fraction of sp³-hybridized carbons (Fsp3) is 0.650. The maximum Gasteiger partial charge on any atom is 0.193 e. The van der Waals surface area contributed by atoms with E-state index in [1.54, 1.807) is 0 Å². The van der Waals surface area contributed by atoms with E-state index in [-0.39, 0.29) is 24.0 Å². The zero-order valence-corrected chi connectivity index (χ0v) is 18.5. The molecule has 3 N–H and O–H groups in total. The molecule has 0 aliphatic carbocycles. The summed E-state index contributed by atoms with van der Waals surface area (Å²) in [4.78, 5) is 7.16. The van der Waals surface area contributed by atoms with Crippen LogP contribution in [0.3, 0.4) is 0 Å². The van der Waals surface area contributed by atoms with Crippen LogP contribution in [0.2, 0.25) is 0 Å². The van der Waals surface area contributed by atoms with Gasteiger partial charge in [-0.25, -0.2) is 0 Å². The Bertz CT molecular complexity index is 528. The topological polar surface area (TPSA) is 53.6 Å². The molecule has 0 amide bonds. The first-order chi connectivity index (χ1) is 11.4. The molecule has 1 fully saturated rings. The number of halogens is 1. The number of anilines is 1. The van der Waals surface area contributed by atoms with Crippen molar-refractivity contribution in [3.8, 4) is 0 Å². The number of hydrogen-bond donors (Lipinski definition) is 2. The number of guanidine groups is 1. The van der Waals surface area contributed by atoms with Gasteiger partial charge in [-0.15, -0.1) is 24.0 Å². The van der Waals surface area contributed by atoms with Gasteiger partial charge in [-0.2, -0.15) is 0 Å². The molecular weight excluding hydrogens is 423 g/mol. The number of hydrogen-bond acceptors (Lipinski definition) is 2. The van der Waals surface area contributed by atoms with E-state index in [0.717, 1.165) is 18.2 Å². The Morgan fingerprint density at radius 1 is 1.20 bits per heavy atom. The molecule has 0 spiro atoms. The van der Waals surface area contributed by atoms with E-state index in [2.05, 4.69) is 61.1 Å². The van der Waals surface area contributed by atoms with Crippen LogP contribution in [0.25, 0.3) is 0 Å². The van der Waals surface area contributed by atoms with Gasteiger partial charge in [-0.3, -0.25) is 4.99 Å². The van der Waals surface area contributed by atoms with Crippen molar-refractivity contribution >= 4 is 35.6 Å². The second-order valence-corrected chi connectivity index (χ2v) is 7.69. The second kappa shape index (κ2) is 11.0. The molecule has 5 heteroatoms. The van der Waals surface area contributed by atoms with Crippen molar-refractivity contribution in [2.24, 2.45) is 22.6 Å². The fourth-order valence-electron chi connectivity index (χ4n) is 3.30. The van der Waals surface area contributed by atoms with Crippen molar-refractivity contribution in [1.82, 2.24) is 4.90 Å². The molecule has 4 nitrogen and oxygen atoms in total. The van der Waals surface area contributed by atoms with Crippen LogP contribution in [0.15, 0.2) is 23.2 Å². The molecule has 2 rings (SSSR count). The van der Waals surface area contributed by atoms with Gasteiger partial charge in [0.15, 0.2) is 5.96 Å². The molecule has 0 atom stereocenters. The van der Waals surface area contributed by atoms with Gasteiger partial charge in [0, 0.05) is 12.2 Å². The summed E-state index contributed by atoms with van der Waals surface area (Å²) in [7, 11) is 0. The Morgan fingerprint density at radius 2 is 1.80 bits per heavy atom. The van der Waals surface area contributed by atoms with Gasteiger partial charge < -0.3 is 16.0 Å². The maximum absolute atomic E-state index is 6.06. The van der Waals surface area contributed by atoms with Crippen molar-refractivity contribution in [2.75, 3.05) is 31.5 Å². The lowest BCUT2D eigenvalue weighted by atomic mass is 9.96. The molecule has 1 heterocycles. The molecule has 0 bridgehead atoms. The van der Waals surface area contributed by atoms with E-state index in [9.17, 15) is 0 Å². The van der Waals surface area contributed by atoms with Crippen molar-refractivity contribution in [1.29, 1.82) is 0 Å². The first-order valence-corrected chi connectivity index (χ1v) is 9.30. The van der Waals surface area contributed by atoms with Crippen molar-refractivity contribution in [3.63, 3.8) is 0 Å². The van der Waals surface area contributed by atoms with Gasteiger partial charge in [-0.1, -0.05) is 19.9 Å². The molecule has 1 saturated heterocycles. The number of benzene rings is 1. The van der Waals surface area contributed by atoms with Gasteiger partial charge in [-0.05, 0) is 87.8 Å². The molecule has 1 aliphatic rings. The largest absolute Gasteiger partial charge is 0.370 e. The molecule has 0 saturated carbocycles. The van der Waals surface area contributed by atoms with E-state index in [0.29, 0.717) is 11.9 Å².